The molecule has 2 bridgehead atoms. The Labute approximate surface area is 142 Å². The van der Waals surface area contributed by atoms with Crippen LogP contribution >= 0.6 is 15.9 Å². The molecule has 0 aromatic heterocycles. The van der Waals surface area contributed by atoms with E-state index in [1.165, 1.54) is 24.2 Å². The van der Waals surface area contributed by atoms with Gasteiger partial charge in [-0.15, -0.1) is 0 Å². The number of Topliss-reactive ketones (excluding diaryl/α,β-unsaturated/α-hetero) is 1. The summed E-state index contributed by atoms with van der Waals surface area (Å²) in [7, 11) is 0. The quantitative estimate of drug-likeness (QED) is 0.822. The third-order valence-corrected chi connectivity index (χ3v) is 5.81. The molecule has 1 aromatic rings. The second-order valence-corrected chi connectivity index (χ2v) is 7.65. The molecule has 2 amide bonds. The lowest BCUT2D eigenvalue weighted by molar-refractivity contribution is -0.123. The molecule has 120 valence electrons. The summed E-state index contributed by atoms with van der Waals surface area (Å²) in [6.45, 7) is -0.0902. The van der Waals surface area contributed by atoms with Gasteiger partial charge in [-0.3, -0.25) is 19.3 Å². The van der Waals surface area contributed by atoms with Crippen molar-refractivity contribution in [2.24, 2.45) is 11.8 Å². The Morgan fingerprint density at radius 2 is 2.09 bits per heavy atom. The van der Waals surface area contributed by atoms with Gasteiger partial charge in [-0.1, -0.05) is 22.4 Å². The highest BCUT2D eigenvalue weighted by molar-refractivity contribution is 9.10. The molecule has 0 saturated heterocycles. The van der Waals surface area contributed by atoms with Gasteiger partial charge in [-0.2, -0.15) is 0 Å². The number of amides is 2. The lowest BCUT2D eigenvalue weighted by Gasteiger charge is -2.24. The first-order valence-corrected chi connectivity index (χ1v) is 8.77. The molecule has 2 fully saturated rings. The number of nitrogens with one attached hydrogen (secondary N) is 1. The number of fused-ring (bicyclic) bond motifs is 3. The van der Waals surface area contributed by atoms with Gasteiger partial charge in [0, 0.05) is 10.5 Å². The molecule has 23 heavy (non-hydrogen) atoms. The average molecular weight is 377 g/mol. The van der Waals surface area contributed by atoms with Crippen LogP contribution in [0.3, 0.4) is 0 Å². The maximum atomic E-state index is 12.3. The van der Waals surface area contributed by atoms with Gasteiger partial charge >= 0.3 is 0 Å². The number of carbonyl (C=O) groups is 3. The van der Waals surface area contributed by atoms with E-state index >= 15 is 0 Å². The summed E-state index contributed by atoms with van der Waals surface area (Å²) in [5.41, 5.74) is 0.878. The maximum Gasteiger partial charge on any atom is 0.299 e. The third kappa shape index (κ3) is 2.49. The summed E-state index contributed by atoms with van der Waals surface area (Å²) in [4.78, 5) is 37.8. The van der Waals surface area contributed by atoms with E-state index in [-0.39, 0.29) is 18.5 Å². The van der Waals surface area contributed by atoms with Crippen LogP contribution in [0, 0.1) is 11.8 Å². The zero-order chi connectivity index (χ0) is 16.1. The molecule has 1 aromatic carbocycles. The first kappa shape index (κ1) is 14.9. The van der Waals surface area contributed by atoms with E-state index in [1.807, 2.05) is 0 Å². The number of anilines is 1. The number of hydrogen-bond acceptors (Lipinski definition) is 3. The first-order chi connectivity index (χ1) is 11.0. The molecule has 2 aliphatic carbocycles. The standard InChI is InChI=1S/C17H17BrN2O3/c18-11-3-4-14-12(7-11)16(22)17(23)20(14)8-15(21)19-13-6-9-1-2-10(13)5-9/h3-4,7,9-10,13H,1-2,5-6,8H2,(H,19,21). The van der Waals surface area contributed by atoms with Crippen molar-refractivity contribution < 1.29 is 14.4 Å². The van der Waals surface area contributed by atoms with Gasteiger partial charge in [0.1, 0.15) is 6.54 Å². The Morgan fingerprint density at radius 3 is 2.78 bits per heavy atom. The normalized spacial score (nSPS) is 28.4. The Morgan fingerprint density at radius 1 is 1.26 bits per heavy atom. The number of nitrogens with zero attached hydrogens (tertiary/aromatic N) is 1. The number of rotatable bonds is 3. The van der Waals surface area contributed by atoms with Crippen molar-refractivity contribution >= 4 is 39.2 Å². The second kappa shape index (κ2) is 5.44. The van der Waals surface area contributed by atoms with Gasteiger partial charge in [0.15, 0.2) is 0 Å². The number of benzene rings is 1. The van der Waals surface area contributed by atoms with Crippen molar-refractivity contribution in [3.8, 4) is 0 Å². The zero-order valence-electron chi connectivity index (χ0n) is 12.5. The molecule has 6 heteroatoms. The molecule has 4 rings (SSSR count). The summed E-state index contributed by atoms with van der Waals surface area (Å²) in [5, 5.41) is 3.06. The predicted molar refractivity (Wildman–Crippen MR) is 88.2 cm³/mol. The smallest absolute Gasteiger partial charge is 0.299 e. The summed E-state index contributed by atoms with van der Waals surface area (Å²) in [6, 6.07) is 5.33. The average Bonchev–Trinajstić information content (AvgIpc) is 3.18. The molecule has 2 saturated carbocycles. The van der Waals surface area contributed by atoms with Gasteiger partial charge in [-0.25, -0.2) is 0 Å². The monoisotopic (exact) mass is 376 g/mol. The van der Waals surface area contributed by atoms with Crippen molar-refractivity contribution in [2.75, 3.05) is 11.4 Å². The third-order valence-electron chi connectivity index (χ3n) is 5.32. The Balaban J connectivity index is 1.47. The number of halogens is 1. The first-order valence-electron chi connectivity index (χ1n) is 7.98. The van der Waals surface area contributed by atoms with Crippen LogP contribution in [0.15, 0.2) is 22.7 Å². The molecule has 1 N–H and O–H groups in total. The summed E-state index contributed by atoms with van der Waals surface area (Å²) in [5.74, 6) is -0.0174. The summed E-state index contributed by atoms with van der Waals surface area (Å²) < 4.78 is 0.741. The fraction of sp³-hybridized carbons (Fsp3) is 0.471. The van der Waals surface area contributed by atoms with Crippen LogP contribution in [0.1, 0.15) is 36.0 Å². The topological polar surface area (TPSA) is 66.5 Å². The molecule has 0 spiro atoms. The molecule has 0 radical (unpaired) electrons. The Kier molecular flexibility index (Phi) is 3.52. The van der Waals surface area contributed by atoms with Crippen molar-refractivity contribution in [3.63, 3.8) is 0 Å². The van der Waals surface area contributed by atoms with Gasteiger partial charge in [0.05, 0.1) is 11.3 Å². The van der Waals surface area contributed by atoms with E-state index < -0.39 is 11.7 Å². The highest BCUT2D eigenvalue weighted by atomic mass is 79.9. The molecule has 3 atom stereocenters. The number of carbonyl (C=O) groups excluding carboxylic acids is 3. The van der Waals surface area contributed by atoms with Crippen LogP contribution in [-0.2, 0) is 9.59 Å². The minimum absolute atomic E-state index is 0.0902. The van der Waals surface area contributed by atoms with Gasteiger partial charge in [0.25, 0.3) is 11.7 Å². The lowest BCUT2D eigenvalue weighted by atomic mass is 9.95. The fourth-order valence-electron chi connectivity index (χ4n) is 4.25. The summed E-state index contributed by atoms with van der Waals surface area (Å²) in [6.07, 6.45) is 4.72. The fourth-order valence-corrected chi connectivity index (χ4v) is 4.61. The lowest BCUT2D eigenvalue weighted by Crippen LogP contribution is -2.45. The van der Waals surface area contributed by atoms with E-state index in [0.717, 1.165) is 16.8 Å². The molecule has 1 aliphatic heterocycles. The van der Waals surface area contributed by atoms with Crippen LogP contribution < -0.4 is 10.2 Å². The molecular weight excluding hydrogens is 360 g/mol. The SMILES string of the molecule is O=C(CN1C(=O)C(=O)c2cc(Br)ccc21)NC1CC2CCC1C2. The Hall–Kier alpha value is -1.69. The highest BCUT2D eigenvalue weighted by Gasteiger charge is 2.41. The Bertz CT molecular complexity index is 718. The van der Waals surface area contributed by atoms with E-state index in [1.54, 1.807) is 18.2 Å². The zero-order valence-corrected chi connectivity index (χ0v) is 14.1. The van der Waals surface area contributed by atoms with E-state index in [0.29, 0.717) is 17.2 Å². The second-order valence-electron chi connectivity index (χ2n) is 6.73. The molecule has 1 heterocycles. The van der Waals surface area contributed by atoms with Crippen LogP contribution in [0.2, 0.25) is 0 Å². The molecular formula is C17H17BrN2O3. The van der Waals surface area contributed by atoms with Crippen molar-refractivity contribution in [1.82, 2.24) is 5.32 Å². The van der Waals surface area contributed by atoms with Crippen LogP contribution in [0.25, 0.3) is 0 Å². The van der Waals surface area contributed by atoms with E-state index in [4.69, 9.17) is 0 Å². The van der Waals surface area contributed by atoms with Gasteiger partial charge in [-0.05, 0) is 49.3 Å². The van der Waals surface area contributed by atoms with Gasteiger partial charge in [0.2, 0.25) is 5.91 Å². The van der Waals surface area contributed by atoms with Crippen molar-refractivity contribution in [1.29, 1.82) is 0 Å². The van der Waals surface area contributed by atoms with E-state index in [2.05, 4.69) is 21.2 Å². The molecule has 5 nitrogen and oxygen atoms in total. The van der Waals surface area contributed by atoms with Gasteiger partial charge < -0.3 is 5.32 Å². The molecule has 3 unspecified atom stereocenters. The highest BCUT2D eigenvalue weighted by Crippen LogP contribution is 2.44. The number of hydrogen-bond donors (Lipinski definition) is 1. The maximum absolute atomic E-state index is 12.3. The number of ketones is 1. The van der Waals surface area contributed by atoms with Crippen LogP contribution in [0.4, 0.5) is 5.69 Å². The van der Waals surface area contributed by atoms with E-state index in [9.17, 15) is 14.4 Å². The predicted octanol–water partition coefficient (Wildman–Crippen LogP) is 2.28. The van der Waals surface area contributed by atoms with Crippen LogP contribution in [-0.4, -0.2) is 30.2 Å². The minimum Gasteiger partial charge on any atom is -0.352 e. The largest absolute Gasteiger partial charge is 0.352 e. The molecule has 3 aliphatic rings. The summed E-state index contributed by atoms with van der Waals surface area (Å²) >= 11 is 3.30. The van der Waals surface area contributed by atoms with Crippen LogP contribution in [0.5, 0.6) is 0 Å². The minimum atomic E-state index is -0.624. The van der Waals surface area contributed by atoms with Crippen molar-refractivity contribution in [2.45, 2.75) is 31.7 Å². The van der Waals surface area contributed by atoms with Crippen molar-refractivity contribution in [3.05, 3.63) is 28.2 Å².